The lowest BCUT2D eigenvalue weighted by Crippen LogP contribution is -2.29. The van der Waals surface area contributed by atoms with E-state index in [9.17, 15) is 0 Å². The summed E-state index contributed by atoms with van der Waals surface area (Å²) >= 11 is 4.90. The largest absolute Gasteiger partial charge is 0.0789 e. The van der Waals surface area contributed by atoms with Crippen LogP contribution in [-0.4, -0.2) is 1.31 Å². The van der Waals surface area contributed by atoms with E-state index in [4.69, 9.17) is 0 Å². The number of hydrogen-bond donors (Lipinski definition) is 0. The molecule has 1 aromatic carbocycles. The van der Waals surface area contributed by atoms with Crippen LogP contribution in [0.15, 0.2) is 12.1 Å². The van der Waals surface area contributed by atoms with Gasteiger partial charge in [0.15, 0.2) is 0 Å². The molecule has 22 heavy (non-hydrogen) atoms. The third-order valence-electron chi connectivity index (χ3n) is 3.79. The zero-order chi connectivity index (χ0) is 17.5. The van der Waals surface area contributed by atoms with Crippen molar-refractivity contribution in [1.82, 2.24) is 0 Å². The highest BCUT2D eigenvalue weighted by molar-refractivity contribution is 14.2. The summed E-state index contributed by atoms with van der Waals surface area (Å²) in [5, 5.41) is 1.51. The Hall–Kier alpha value is 0.850. The van der Waals surface area contributed by atoms with Crippen molar-refractivity contribution in [3.8, 4) is 0 Å². The maximum absolute atomic E-state index is 2.45. The summed E-state index contributed by atoms with van der Waals surface area (Å²) in [4.78, 5) is 0. The predicted octanol–water partition coefficient (Wildman–Crippen LogP) is 7.11. The highest BCUT2D eigenvalue weighted by Gasteiger charge is 2.28. The van der Waals surface area contributed by atoms with Crippen LogP contribution in [-0.2, 0) is 16.2 Å². The first kappa shape index (κ1) is 20.9. The first-order valence-corrected chi connectivity index (χ1v) is 10.8. The Morgan fingerprint density at radius 2 is 1.09 bits per heavy atom. The summed E-state index contributed by atoms with van der Waals surface area (Å²) in [6, 6.07) is 4.90. The number of rotatable bonds is 1. The highest BCUT2D eigenvalue weighted by atomic mass is 127. The first-order chi connectivity index (χ1) is 9.64. The van der Waals surface area contributed by atoms with Crippen molar-refractivity contribution in [2.24, 2.45) is 0 Å². The van der Waals surface area contributed by atoms with Crippen molar-refractivity contribution >= 4 is 60.0 Å². The molecule has 0 saturated heterocycles. The van der Waals surface area contributed by atoms with Crippen LogP contribution < -0.4 is 5.30 Å². The molecular weight excluding hydrogens is 513 g/mol. The van der Waals surface area contributed by atoms with Gasteiger partial charge in [0.2, 0.25) is 0 Å². The summed E-state index contributed by atoms with van der Waals surface area (Å²) in [6.45, 7) is 20.9. The molecule has 1 aromatic rings. The molecule has 0 nitrogen and oxygen atoms in total. The summed E-state index contributed by atoms with van der Waals surface area (Å²) < 4.78 is 1.40. The van der Waals surface area contributed by atoms with Gasteiger partial charge < -0.3 is 0 Å². The van der Waals surface area contributed by atoms with E-state index in [1.54, 1.807) is 0 Å². The molecule has 0 bridgehead atoms. The SMILES string of the molecule is CC(C)(C)c1cc(C(C)(C)C)c(P=C(I)I)c(C(C)(C)C)c1. The molecule has 3 heteroatoms. The lowest BCUT2D eigenvalue weighted by Gasteiger charge is -2.32. The molecule has 0 aliphatic rings. The van der Waals surface area contributed by atoms with Crippen molar-refractivity contribution in [1.29, 1.82) is 0 Å². The molecule has 0 fully saturated rings. The summed E-state index contributed by atoms with van der Waals surface area (Å²) in [5.74, 6) is 0. The van der Waals surface area contributed by atoms with Gasteiger partial charge in [0.05, 0.1) is 1.31 Å². The Kier molecular flexibility index (Phi) is 6.64. The van der Waals surface area contributed by atoms with Crippen molar-refractivity contribution in [3.63, 3.8) is 0 Å². The zero-order valence-corrected chi connectivity index (χ0v) is 20.6. The molecule has 0 amide bonds. The lowest BCUT2D eigenvalue weighted by atomic mass is 9.75. The molecule has 0 heterocycles. The monoisotopic (exact) mass is 542 g/mol. The minimum Gasteiger partial charge on any atom is -0.0561 e. The van der Waals surface area contributed by atoms with Gasteiger partial charge >= 0.3 is 0 Å². The van der Waals surface area contributed by atoms with E-state index in [-0.39, 0.29) is 16.2 Å². The van der Waals surface area contributed by atoms with Crippen LogP contribution in [0.4, 0.5) is 0 Å². The van der Waals surface area contributed by atoms with E-state index < -0.39 is 0 Å². The van der Waals surface area contributed by atoms with Crippen LogP contribution in [0.5, 0.6) is 0 Å². The van der Waals surface area contributed by atoms with Crippen molar-refractivity contribution in [2.45, 2.75) is 78.6 Å². The molecule has 0 aliphatic heterocycles. The minimum atomic E-state index is 0.159. The second-order valence-corrected chi connectivity index (χ2v) is 16.1. The number of hydrogen-bond acceptors (Lipinski definition) is 0. The van der Waals surface area contributed by atoms with E-state index in [2.05, 4.69) is 120 Å². The second-order valence-electron chi connectivity index (χ2n) is 9.02. The normalized spacial score (nSPS) is 13.6. The topological polar surface area (TPSA) is 0 Å². The van der Waals surface area contributed by atoms with E-state index in [0.717, 1.165) is 0 Å². The van der Waals surface area contributed by atoms with Crippen LogP contribution >= 0.6 is 53.4 Å². The fraction of sp³-hybridized carbons (Fsp3) is 0.632. The molecular formula is C19H29I2P. The van der Waals surface area contributed by atoms with E-state index in [0.29, 0.717) is 0 Å². The van der Waals surface area contributed by atoms with Gasteiger partial charge in [0.1, 0.15) is 0 Å². The first-order valence-electron chi connectivity index (χ1n) is 7.73. The number of benzene rings is 1. The van der Waals surface area contributed by atoms with Crippen molar-refractivity contribution in [2.75, 3.05) is 0 Å². The van der Waals surface area contributed by atoms with Gasteiger partial charge in [-0.2, -0.15) is 0 Å². The fourth-order valence-corrected chi connectivity index (χ4v) is 5.07. The molecule has 1 rings (SSSR count). The molecule has 0 N–H and O–H groups in total. The Morgan fingerprint density at radius 1 is 0.727 bits per heavy atom. The summed E-state index contributed by atoms with van der Waals surface area (Å²) in [6.07, 6.45) is 0. The quantitative estimate of drug-likeness (QED) is 0.262. The number of halogens is 2. The summed E-state index contributed by atoms with van der Waals surface area (Å²) in [7, 11) is 1.35. The molecule has 0 spiro atoms. The van der Waals surface area contributed by atoms with Gasteiger partial charge in [-0.15, -0.1) is 0 Å². The van der Waals surface area contributed by atoms with Crippen LogP contribution in [0.3, 0.4) is 0 Å². The molecule has 0 unspecified atom stereocenters. The average Bonchev–Trinajstić information content (AvgIpc) is 2.23. The van der Waals surface area contributed by atoms with E-state index >= 15 is 0 Å². The fourth-order valence-electron chi connectivity index (χ4n) is 2.42. The summed E-state index contributed by atoms with van der Waals surface area (Å²) in [5.41, 5.74) is 4.94. The minimum absolute atomic E-state index is 0.159. The predicted molar refractivity (Wildman–Crippen MR) is 122 cm³/mol. The Bertz CT molecular complexity index is 540. The standard InChI is InChI=1S/C19H29I2P/c1-17(2,3)12-10-13(18(4,5)6)15(22-16(20)21)14(11-12)19(7,8)9/h10-11H,1-9H3. The van der Waals surface area contributed by atoms with Gasteiger partial charge in [0.25, 0.3) is 0 Å². The van der Waals surface area contributed by atoms with Crippen molar-refractivity contribution in [3.05, 3.63) is 28.8 Å². The smallest absolute Gasteiger partial charge is 0.0561 e. The van der Waals surface area contributed by atoms with Crippen LogP contribution in [0.25, 0.3) is 0 Å². The third kappa shape index (κ3) is 5.44. The van der Waals surface area contributed by atoms with Gasteiger partial charge in [-0.1, -0.05) is 74.4 Å². The average molecular weight is 542 g/mol. The molecule has 0 atom stereocenters. The highest BCUT2D eigenvalue weighted by Crippen LogP contribution is 2.36. The molecule has 0 aromatic heterocycles. The third-order valence-corrected chi connectivity index (χ3v) is 6.11. The maximum atomic E-state index is 2.45. The van der Waals surface area contributed by atoms with E-state index in [1.807, 2.05) is 0 Å². The second kappa shape index (κ2) is 7.00. The van der Waals surface area contributed by atoms with Gasteiger partial charge in [-0.3, -0.25) is 0 Å². The van der Waals surface area contributed by atoms with E-state index in [1.165, 1.54) is 31.5 Å². The van der Waals surface area contributed by atoms with Gasteiger partial charge in [-0.05, 0) is 86.3 Å². The van der Waals surface area contributed by atoms with Gasteiger partial charge in [-0.25, -0.2) is 0 Å². The molecule has 124 valence electrons. The Morgan fingerprint density at radius 3 is 1.32 bits per heavy atom. The maximum Gasteiger partial charge on any atom is 0.0789 e. The van der Waals surface area contributed by atoms with Crippen molar-refractivity contribution < 1.29 is 0 Å². The van der Waals surface area contributed by atoms with Crippen LogP contribution in [0.2, 0.25) is 0 Å². The zero-order valence-electron chi connectivity index (χ0n) is 15.4. The van der Waals surface area contributed by atoms with Crippen LogP contribution in [0, 0.1) is 0 Å². The lowest BCUT2D eigenvalue weighted by molar-refractivity contribution is 0.554. The van der Waals surface area contributed by atoms with Crippen LogP contribution in [0.1, 0.15) is 79.0 Å². The Labute approximate surface area is 166 Å². The molecule has 0 radical (unpaired) electrons. The molecule has 0 aliphatic carbocycles. The van der Waals surface area contributed by atoms with Gasteiger partial charge in [0, 0.05) is 5.30 Å². The Balaban J connectivity index is 3.91. The molecule has 0 saturated carbocycles.